The highest BCUT2D eigenvalue weighted by molar-refractivity contribution is 7.20. The van der Waals surface area contributed by atoms with Gasteiger partial charge in [-0.3, -0.25) is 9.59 Å². The van der Waals surface area contributed by atoms with E-state index in [2.05, 4.69) is 5.32 Å². The highest BCUT2D eigenvalue weighted by atomic mass is 32.1. The van der Waals surface area contributed by atoms with Crippen molar-refractivity contribution in [2.45, 2.75) is 6.92 Å². The van der Waals surface area contributed by atoms with Crippen LogP contribution in [0.1, 0.15) is 26.3 Å². The summed E-state index contributed by atoms with van der Waals surface area (Å²) in [6, 6.07) is 12.7. The van der Waals surface area contributed by atoms with Gasteiger partial charge < -0.3 is 15.0 Å². The van der Waals surface area contributed by atoms with Crippen molar-refractivity contribution >= 4 is 28.2 Å². The molecule has 160 valence electrons. The van der Waals surface area contributed by atoms with Crippen molar-refractivity contribution in [1.82, 2.24) is 4.90 Å². The summed E-state index contributed by atoms with van der Waals surface area (Å²) < 4.78 is 33.6. The normalized spacial score (nSPS) is 13.8. The van der Waals surface area contributed by atoms with Crippen molar-refractivity contribution in [3.8, 4) is 10.4 Å². The van der Waals surface area contributed by atoms with E-state index in [-0.39, 0.29) is 10.9 Å². The lowest BCUT2D eigenvalue weighted by Crippen LogP contribution is -2.41. The molecule has 0 unspecified atom stereocenters. The molecule has 2 aromatic carbocycles. The zero-order valence-electron chi connectivity index (χ0n) is 16.8. The lowest BCUT2D eigenvalue weighted by Gasteiger charge is -2.27. The van der Waals surface area contributed by atoms with E-state index < -0.39 is 23.1 Å². The van der Waals surface area contributed by atoms with E-state index in [4.69, 9.17) is 4.74 Å². The van der Waals surface area contributed by atoms with Gasteiger partial charge in [-0.1, -0.05) is 36.4 Å². The largest absolute Gasteiger partial charge is 0.378 e. The molecule has 2 heterocycles. The quantitative estimate of drug-likeness (QED) is 0.636. The van der Waals surface area contributed by atoms with Crippen molar-refractivity contribution in [2.75, 3.05) is 31.6 Å². The molecule has 0 saturated carbocycles. The van der Waals surface area contributed by atoms with E-state index in [0.29, 0.717) is 37.4 Å². The standard InChI is InChI=1S/C23H20F2N2O3S/c1-14-18(23(29)27-10-12-30-13-11-27)22(31-20(14)15-6-3-2-4-7-15)26-21(28)19-16(24)8-5-9-17(19)25/h2-9H,10-13H2,1H3,(H,26,28). The van der Waals surface area contributed by atoms with Crippen LogP contribution in [0.2, 0.25) is 0 Å². The molecule has 0 aliphatic carbocycles. The Morgan fingerprint density at radius 2 is 1.61 bits per heavy atom. The Bertz CT molecular complexity index is 1110. The van der Waals surface area contributed by atoms with E-state index in [0.717, 1.165) is 22.6 Å². The first kappa shape index (κ1) is 21.1. The molecule has 1 aromatic heterocycles. The minimum absolute atomic E-state index is 0.247. The Morgan fingerprint density at radius 3 is 2.26 bits per heavy atom. The fraction of sp³-hybridized carbons (Fsp3) is 0.217. The highest BCUT2D eigenvalue weighted by Crippen LogP contribution is 2.41. The van der Waals surface area contributed by atoms with Crippen LogP contribution in [0.5, 0.6) is 0 Å². The molecule has 0 bridgehead atoms. The maximum atomic E-state index is 14.1. The molecule has 4 rings (SSSR count). The lowest BCUT2D eigenvalue weighted by molar-refractivity contribution is 0.0303. The number of halogens is 2. The first-order valence-electron chi connectivity index (χ1n) is 9.78. The molecule has 0 spiro atoms. The molecular weight excluding hydrogens is 422 g/mol. The molecule has 1 N–H and O–H groups in total. The van der Waals surface area contributed by atoms with Crippen LogP contribution in [0.4, 0.5) is 13.8 Å². The zero-order valence-corrected chi connectivity index (χ0v) is 17.6. The molecule has 0 radical (unpaired) electrons. The molecule has 0 atom stereocenters. The number of benzene rings is 2. The van der Waals surface area contributed by atoms with Crippen LogP contribution >= 0.6 is 11.3 Å². The van der Waals surface area contributed by atoms with Gasteiger partial charge in [0.05, 0.1) is 18.8 Å². The monoisotopic (exact) mass is 442 g/mol. The summed E-state index contributed by atoms with van der Waals surface area (Å²) in [6.07, 6.45) is 0. The summed E-state index contributed by atoms with van der Waals surface area (Å²) in [5.74, 6) is -3.11. The molecule has 8 heteroatoms. The van der Waals surface area contributed by atoms with Crippen LogP contribution in [-0.2, 0) is 4.74 Å². The van der Waals surface area contributed by atoms with Gasteiger partial charge in [0.2, 0.25) is 0 Å². The topological polar surface area (TPSA) is 58.6 Å². The Labute approximate surface area is 182 Å². The fourth-order valence-corrected chi connectivity index (χ4v) is 4.73. The Kier molecular flexibility index (Phi) is 6.11. The van der Waals surface area contributed by atoms with Crippen molar-refractivity contribution in [3.05, 3.63) is 76.9 Å². The third-order valence-electron chi connectivity index (χ3n) is 5.11. The third kappa shape index (κ3) is 4.22. The number of ether oxygens (including phenoxy) is 1. The molecule has 1 aliphatic rings. The highest BCUT2D eigenvalue weighted by Gasteiger charge is 2.29. The number of thiophene rings is 1. The molecule has 1 fully saturated rings. The van der Waals surface area contributed by atoms with E-state index in [1.165, 1.54) is 17.4 Å². The number of morpholine rings is 1. The number of nitrogens with one attached hydrogen (secondary N) is 1. The summed E-state index contributed by atoms with van der Waals surface area (Å²) in [5, 5.41) is 2.84. The van der Waals surface area contributed by atoms with Crippen LogP contribution in [0, 0.1) is 18.6 Å². The molecular formula is C23H20F2N2O3S. The van der Waals surface area contributed by atoms with Gasteiger partial charge in [0.1, 0.15) is 22.2 Å². The summed E-state index contributed by atoms with van der Waals surface area (Å²) in [4.78, 5) is 28.5. The number of anilines is 1. The van der Waals surface area contributed by atoms with E-state index in [1.54, 1.807) is 4.90 Å². The van der Waals surface area contributed by atoms with Crippen LogP contribution < -0.4 is 5.32 Å². The second-order valence-electron chi connectivity index (χ2n) is 7.08. The summed E-state index contributed by atoms with van der Waals surface area (Å²) in [7, 11) is 0. The first-order chi connectivity index (χ1) is 15.0. The second-order valence-corrected chi connectivity index (χ2v) is 8.10. The van der Waals surface area contributed by atoms with Crippen LogP contribution in [-0.4, -0.2) is 43.0 Å². The Morgan fingerprint density at radius 1 is 0.968 bits per heavy atom. The minimum Gasteiger partial charge on any atom is -0.378 e. The number of nitrogens with zero attached hydrogens (tertiary/aromatic N) is 1. The predicted molar refractivity (Wildman–Crippen MR) is 116 cm³/mol. The smallest absolute Gasteiger partial charge is 0.262 e. The lowest BCUT2D eigenvalue weighted by atomic mass is 10.1. The fourth-order valence-electron chi connectivity index (χ4n) is 3.53. The van der Waals surface area contributed by atoms with E-state index in [9.17, 15) is 18.4 Å². The van der Waals surface area contributed by atoms with Gasteiger partial charge in [-0.15, -0.1) is 11.3 Å². The average molecular weight is 442 g/mol. The third-order valence-corrected chi connectivity index (χ3v) is 6.37. The Balaban J connectivity index is 1.76. The molecule has 31 heavy (non-hydrogen) atoms. The molecule has 2 amide bonds. The SMILES string of the molecule is Cc1c(-c2ccccc2)sc(NC(=O)c2c(F)cccc2F)c1C(=O)N1CCOCC1. The summed E-state index contributed by atoms with van der Waals surface area (Å²) >= 11 is 1.21. The van der Waals surface area contributed by atoms with Gasteiger partial charge in [-0.2, -0.15) is 0 Å². The minimum atomic E-state index is -0.963. The van der Waals surface area contributed by atoms with Crippen LogP contribution in [0.3, 0.4) is 0 Å². The van der Waals surface area contributed by atoms with Crippen LogP contribution in [0.25, 0.3) is 10.4 Å². The maximum absolute atomic E-state index is 14.1. The van der Waals surface area contributed by atoms with Crippen molar-refractivity contribution in [2.24, 2.45) is 0 Å². The predicted octanol–water partition coefficient (Wildman–Crippen LogP) is 4.73. The number of amides is 2. The summed E-state index contributed by atoms with van der Waals surface area (Å²) in [6.45, 7) is 3.55. The van der Waals surface area contributed by atoms with Crippen molar-refractivity contribution in [3.63, 3.8) is 0 Å². The average Bonchev–Trinajstić information content (AvgIpc) is 3.10. The van der Waals surface area contributed by atoms with Gasteiger partial charge in [0, 0.05) is 18.0 Å². The first-order valence-corrected chi connectivity index (χ1v) is 10.6. The molecule has 1 aliphatic heterocycles. The van der Waals surface area contributed by atoms with E-state index in [1.807, 2.05) is 37.3 Å². The maximum Gasteiger partial charge on any atom is 0.262 e. The van der Waals surface area contributed by atoms with Gasteiger partial charge in [-0.05, 0) is 30.2 Å². The van der Waals surface area contributed by atoms with Gasteiger partial charge in [-0.25, -0.2) is 8.78 Å². The van der Waals surface area contributed by atoms with Gasteiger partial charge >= 0.3 is 0 Å². The second kappa shape index (κ2) is 8.95. The number of carbonyl (C=O) groups is 2. The van der Waals surface area contributed by atoms with E-state index >= 15 is 0 Å². The Hall–Kier alpha value is -3.10. The molecule has 1 saturated heterocycles. The summed E-state index contributed by atoms with van der Waals surface area (Å²) in [5.41, 5.74) is 1.24. The van der Waals surface area contributed by atoms with Crippen molar-refractivity contribution in [1.29, 1.82) is 0 Å². The number of hydrogen-bond acceptors (Lipinski definition) is 4. The molecule has 5 nitrogen and oxygen atoms in total. The number of hydrogen-bond donors (Lipinski definition) is 1. The van der Waals surface area contributed by atoms with Crippen molar-refractivity contribution < 1.29 is 23.1 Å². The number of carbonyl (C=O) groups excluding carboxylic acids is 2. The van der Waals surface area contributed by atoms with Gasteiger partial charge in [0.25, 0.3) is 11.8 Å². The zero-order chi connectivity index (χ0) is 22.0. The van der Waals surface area contributed by atoms with Gasteiger partial charge in [0.15, 0.2) is 0 Å². The molecule has 3 aromatic rings. The van der Waals surface area contributed by atoms with Crippen LogP contribution in [0.15, 0.2) is 48.5 Å². The number of rotatable bonds is 4.